The molecule has 1 fully saturated rings. The van der Waals surface area contributed by atoms with Crippen LogP contribution in [0.2, 0.25) is 0 Å². The van der Waals surface area contributed by atoms with E-state index in [2.05, 4.69) is 5.10 Å². The number of piperidine rings is 1. The summed E-state index contributed by atoms with van der Waals surface area (Å²) in [6.07, 6.45) is 5.29. The number of carbonyl (C=O) groups is 1. The Morgan fingerprint density at radius 3 is 2.59 bits per heavy atom. The molecule has 0 atom stereocenters. The van der Waals surface area contributed by atoms with Crippen molar-refractivity contribution >= 4 is 11.8 Å². The van der Waals surface area contributed by atoms with Crippen LogP contribution in [0.5, 0.6) is 5.75 Å². The summed E-state index contributed by atoms with van der Waals surface area (Å²) in [4.78, 5) is 14.0. The quantitative estimate of drug-likeness (QED) is 0.831. The van der Waals surface area contributed by atoms with Gasteiger partial charge in [-0.3, -0.25) is 4.68 Å². The molecule has 0 saturated carbocycles. The van der Waals surface area contributed by atoms with Crippen molar-refractivity contribution in [2.24, 2.45) is 0 Å². The maximum atomic E-state index is 12.2. The van der Waals surface area contributed by atoms with E-state index in [0.717, 1.165) is 29.7 Å². The van der Waals surface area contributed by atoms with Crippen molar-refractivity contribution in [3.63, 3.8) is 0 Å². The van der Waals surface area contributed by atoms with E-state index in [0.29, 0.717) is 18.8 Å². The number of carbonyl (C=O) groups excluding carboxylic acids is 1. The average Bonchev–Trinajstić information content (AvgIpc) is 3.10. The van der Waals surface area contributed by atoms with Crippen LogP contribution in [0.4, 0.5) is 10.5 Å². The fraction of sp³-hybridized carbons (Fsp3) is 0.500. The Morgan fingerprint density at radius 2 is 1.96 bits per heavy atom. The third kappa shape index (κ3) is 4.53. The van der Waals surface area contributed by atoms with E-state index in [4.69, 9.17) is 15.2 Å². The normalized spacial score (nSPS) is 15.6. The Balaban J connectivity index is 1.67. The summed E-state index contributed by atoms with van der Waals surface area (Å²) in [6.45, 7) is 6.97. The lowest BCUT2D eigenvalue weighted by Gasteiger charge is -2.33. The number of ether oxygens (including phenoxy) is 2. The van der Waals surface area contributed by atoms with Crippen molar-refractivity contribution in [2.75, 3.05) is 25.9 Å². The monoisotopic (exact) mass is 372 g/mol. The Morgan fingerprint density at radius 1 is 1.26 bits per heavy atom. The van der Waals surface area contributed by atoms with Crippen LogP contribution < -0.4 is 10.5 Å². The number of hydrogen-bond acceptors (Lipinski definition) is 5. The summed E-state index contributed by atoms with van der Waals surface area (Å²) in [6, 6.07) is 5.83. The number of rotatable bonds is 3. The van der Waals surface area contributed by atoms with Crippen LogP contribution in [-0.2, 0) is 4.74 Å². The topological polar surface area (TPSA) is 82.6 Å². The van der Waals surface area contributed by atoms with E-state index in [1.54, 1.807) is 12.0 Å². The van der Waals surface area contributed by atoms with Crippen LogP contribution in [0.1, 0.15) is 39.7 Å². The Labute approximate surface area is 160 Å². The highest BCUT2D eigenvalue weighted by atomic mass is 16.6. The molecule has 1 aromatic carbocycles. The molecule has 1 aromatic heterocycles. The summed E-state index contributed by atoms with van der Waals surface area (Å²) >= 11 is 0. The summed E-state index contributed by atoms with van der Waals surface area (Å²) in [5, 5.41) is 4.54. The van der Waals surface area contributed by atoms with Gasteiger partial charge in [0.25, 0.3) is 0 Å². The van der Waals surface area contributed by atoms with Gasteiger partial charge in [-0.05, 0) is 51.8 Å². The van der Waals surface area contributed by atoms with Gasteiger partial charge in [-0.15, -0.1) is 0 Å². The molecule has 0 bridgehead atoms. The molecule has 2 aromatic rings. The molecular formula is C20H28N4O3. The van der Waals surface area contributed by atoms with Crippen molar-refractivity contribution in [3.8, 4) is 16.9 Å². The van der Waals surface area contributed by atoms with Gasteiger partial charge in [-0.1, -0.05) is 0 Å². The van der Waals surface area contributed by atoms with E-state index >= 15 is 0 Å². The van der Waals surface area contributed by atoms with E-state index in [9.17, 15) is 4.79 Å². The van der Waals surface area contributed by atoms with Gasteiger partial charge in [-0.25, -0.2) is 4.79 Å². The first-order valence-electron chi connectivity index (χ1n) is 9.23. The lowest BCUT2D eigenvalue weighted by atomic mass is 10.1. The molecule has 1 aliphatic heterocycles. The lowest BCUT2D eigenvalue weighted by Crippen LogP contribution is -2.42. The number of anilines is 1. The van der Waals surface area contributed by atoms with Crippen molar-refractivity contribution in [1.29, 1.82) is 0 Å². The summed E-state index contributed by atoms with van der Waals surface area (Å²) in [7, 11) is 1.64. The average molecular weight is 372 g/mol. The van der Waals surface area contributed by atoms with Gasteiger partial charge in [0.15, 0.2) is 0 Å². The van der Waals surface area contributed by atoms with Crippen molar-refractivity contribution in [3.05, 3.63) is 30.6 Å². The Bertz CT molecular complexity index is 802. The fourth-order valence-corrected chi connectivity index (χ4v) is 3.27. The predicted molar refractivity (Wildman–Crippen MR) is 105 cm³/mol. The minimum atomic E-state index is -0.471. The molecule has 1 amide bonds. The van der Waals surface area contributed by atoms with Gasteiger partial charge in [0.05, 0.1) is 19.3 Å². The number of methoxy groups -OCH3 is 1. The Kier molecular flexibility index (Phi) is 5.30. The summed E-state index contributed by atoms with van der Waals surface area (Å²) in [5.74, 6) is 0.767. The zero-order valence-electron chi connectivity index (χ0n) is 16.4. The SMILES string of the molecule is COc1ccc(N)cc1-c1cnn(C2CCN(C(=O)OC(C)(C)C)CC2)c1. The molecule has 1 saturated heterocycles. The number of benzene rings is 1. The van der Waals surface area contributed by atoms with E-state index in [1.165, 1.54) is 0 Å². The molecule has 0 spiro atoms. The second-order valence-electron chi connectivity index (χ2n) is 7.87. The molecule has 2 N–H and O–H groups in total. The highest BCUT2D eigenvalue weighted by Gasteiger charge is 2.28. The molecule has 0 unspecified atom stereocenters. The third-order valence-corrected chi connectivity index (χ3v) is 4.63. The van der Waals surface area contributed by atoms with E-state index in [1.807, 2.05) is 56.0 Å². The van der Waals surface area contributed by atoms with Crippen LogP contribution in [0.3, 0.4) is 0 Å². The van der Waals surface area contributed by atoms with Crippen LogP contribution in [-0.4, -0.2) is 46.6 Å². The van der Waals surface area contributed by atoms with Gasteiger partial charge in [0.1, 0.15) is 11.4 Å². The first kappa shape index (κ1) is 19.1. The van der Waals surface area contributed by atoms with Crippen LogP contribution in [0.15, 0.2) is 30.6 Å². The number of nitrogen functional groups attached to an aromatic ring is 1. The zero-order valence-corrected chi connectivity index (χ0v) is 16.4. The second kappa shape index (κ2) is 7.50. The molecular weight excluding hydrogens is 344 g/mol. The van der Waals surface area contributed by atoms with Crippen molar-refractivity contribution in [1.82, 2.24) is 14.7 Å². The predicted octanol–water partition coefficient (Wildman–Crippen LogP) is 3.71. The van der Waals surface area contributed by atoms with Crippen LogP contribution in [0.25, 0.3) is 11.1 Å². The second-order valence-corrected chi connectivity index (χ2v) is 7.87. The van der Waals surface area contributed by atoms with Gasteiger partial charge < -0.3 is 20.1 Å². The number of aromatic nitrogens is 2. The number of nitrogens with two attached hydrogens (primary N) is 1. The molecule has 3 rings (SSSR count). The molecule has 27 heavy (non-hydrogen) atoms. The summed E-state index contributed by atoms with van der Waals surface area (Å²) in [5.41, 5.74) is 8.03. The molecule has 0 radical (unpaired) electrons. The minimum absolute atomic E-state index is 0.244. The van der Waals surface area contributed by atoms with E-state index in [-0.39, 0.29) is 12.1 Å². The van der Waals surface area contributed by atoms with Gasteiger partial charge in [0.2, 0.25) is 0 Å². The number of amides is 1. The van der Waals surface area contributed by atoms with Gasteiger partial charge >= 0.3 is 6.09 Å². The third-order valence-electron chi connectivity index (χ3n) is 4.63. The summed E-state index contributed by atoms with van der Waals surface area (Å²) < 4.78 is 12.9. The fourth-order valence-electron chi connectivity index (χ4n) is 3.27. The highest BCUT2D eigenvalue weighted by molar-refractivity contribution is 5.73. The maximum Gasteiger partial charge on any atom is 0.410 e. The molecule has 7 heteroatoms. The smallest absolute Gasteiger partial charge is 0.410 e. The lowest BCUT2D eigenvalue weighted by molar-refractivity contribution is 0.0185. The molecule has 0 aliphatic carbocycles. The minimum Gasteiger partial charge on any atom is -0.496 e. The zero-order chi connectivity index (χ0) is 19.6. The number of hydrogen-bond donors (Lipinski definition) is 1. The molecule has 146 valence electrons. The number of nitrogens with zero attached hydrogens (tertiary/aromatic N) is 3. The van der Waals surface area contributed by atoms with Crippen molar-refractivity contribution < 1.29 is 14.3 Å². The standard InChI is InChI=1S/C20H28N4O3/c1-20(2,3)27-19(25)23-9-7-16(8-10-23)24-13-14(12-22-24)17-11-15(21)5-6-18(17)26-4/h5-6,11-13,16H,7-10,21H2,1-4H3. The van der Waals surface area contributed by atoms with Gasteiger partial charge in [-0.2, -0.15) is 5.10 Å². The Hall–Kier alpha value is -2.70. The maximum absolute atomic E-state index is 12.2. The molecule has 1 aliphatic rings. The molecule has 7 nitrogen and oxygen atoms in total. The van der Waals surface area contributed by atoms with Crippen LogP contribution in [0, 0.1) is 0 Å². The van der Waals surface area contributed by atoms with Crippen LogP contribution >= 0.6 is 0 Å². The largest absolute Gasteiger partial charge is 0.496 e. The molecule has 2 heterocycles. The first-order valence-corrected chi connectivity index (χ1v) is 9.23. The number of likely N-dealkylation sites (tertiary alicyclic amines) is 1. The highest BCUT2D eigenvalue weighted by Crippen LogP contribution is 2.33. The van der Waals surface area contributed by atoms with Crippen molar-refractivity contribution in [2.45, 2.75) is 45.3 Å². The van der Waals surface area contributed by atoms with E-state index < -0.39 is 5.60 Å². The van der Waals surface area contributed by atoms with Gasteiger partial charge in [0, 0.05) is 36.1 Å². The first-order chi connectivity index (χ1) is 12.8.